The van der Waals surface area contributed by atoms with Gasteiger partial charge in [0.2, 0.25) is 0 Å². The van der Waals surface area contributed by atoms with Crippen molar-refractivity contribution >= 4 is 17.5 Å². The van der Waals surface area contributed by atoms with E-state index in [1.807, 2.05) is 12.1 Å². The van der Waals surface area contributed by atoms with Crippen molar-refractivity contribution in [1.29, 1.82) is 0 Å². The zero-order valence-electron chi connectivity index (χ0n) is 11.1. The van der Waals surface area contributed by atoms with Gasteiger partial charge in [0.05, 0.1) is 5.02 Å². The number of nitrogens with one attached hydrogen (secondary N) is 2. The predicted molar refractivity (Wildman–Crippen MR) is 76.8 cm³/mol. The molecule has 2 N–H and O–H groups in total. The molecule has 0 aliphatic heterocycles. The number of nitrogens with zero attached hydrogens (tertiary/aromatic N) is 1. The minimum atomic E-state index is -0.605. The van der Waals surface area contributed by atoms with Crippen LogP contribution < -0.4 is 10.1 Å². The van der Waals surface area contributed by atoms with E-state index in [2.05, 4.69) is 15.3 Å². The minimum Gasteiger partial charge on any atom is -0.479 e. The molecule has 1 heterocycles. The molecule has 0 aliphatic carbocycles. The quantitative estimate of drug-likeness (QED) is 0.858. The molecule has 0 fully saturated rings. The van der Waals surface area contributed by atoms with Crippen LogP contribution in [-0.2, 0) is 11.2 Å². The van der Waals surface area contributed by atoms with Crippen molar-refractivity contribution in [3.8, 4) is 5.75 Å². The number of carbonyl (C=O) groups is 1. The van der Waals surface area contributed by atoms with Gasteiger partial charge < -0.3 is 15.0 Å². The van der Waals surface area contributed by atoms with Gasteiger partial charge in [-0.1, -0.05) is 23.7 Å². The summed E-state index contributed by atoms with van der Waals surface area (Å²) in [6.07, 6.45) is 3.48. The van der Waals surface area contributed by atoms with E-state index in [4.69, 9.17) is 16.3 Å². The van der Waals surface area contributed by atoms with Crippen LogP contribution in [0, 0.1) is 0 Å². The maximum Gasteiger partial charge on any atom is 0.260 e. The molecule has 1 amide bonds. The molecule has 20 heavy (non-hydrogen) atoms. The van der Waals surface area contributed by atoms with Gasteiger partial charge in [-0.25, -0.2) is 4.98 Å². The Morgan fingerprint density at radius 3 is 3.00 bits per heavy atom. The Bertz CT molecular complexity index is 557. The Kier molecular flexibility index (Phi) is 5.01. The highest BCUT2D eigenvalue weighted by Crippen LogP contribution is 2.24. The van der Waals surface area contributed by atoms with Crippen molar-refractivity contribution in [2.75, 3.05) is 6.54 Å². The number of halogens is 1. The van der Waals surface area contributed by atoms with Gasteiger partial charge >= 0.3 is 0 Å². The van der Waals surface area contributed by atoms with Crippen LogP contribution in [0.5, 0.6) is 5.75 Å². The number of H-pyrrole nitrogens is 1. The van der Waals surface area contributed by atoms with Crippen molar-refractivity contribution in [2.45, 2.75) is 19.4 Å². The molecule has 1 aromatic heterocycles. The molecule has 1 atom stereocenters. The molecule has 106 valence electrons. The highest BCUT2D eigenvalue weighted by molar-refractivity contribution is 6.32. The number of aromatic nitrogens is 2. The maximum absolute atomic E-state index is 11.9. The van der Waals surface area contributed by atoms with Gasteiger partial charge in [0.15, 0.2) is 6.10 Å². The van der Waals surface area contributed by atoms with Crippen LogP contribution in [0.15, 0.2) is 36.7 Å². The first kappa shape index (κ1) is 14.4. The molecule has 0 saturated heterocycles. The molecule has 1 unspecified atom stereocenters. The molecule has 0 bridgehead atoms. The van der Waals surface area contributed by atoms with E-state index in [1.54, 1.807) is 31.5 Å². The van der Waals surface area contributed by atoms with E-state index in [0.29, 0.717) is 23.7 Å². The summed E-state index contributed by atoms with van der Waals surface area (Å²) in [6, 6.07) is 7.07. The van der Waals surface area contributed by atoms with Crippen LogP contribution in [0.3, 0.4) is 0 Å². The Morgan fingerprint density at radius 2 is 2.30 bits per heavy atom. The number of ether oxygens (including phenoxy) is 1. The molecule has 5 nitrogen and oxygen atoms in total. The fraction of sp³-hybridized carbons (Fsp3) is 0.286. The monoisotopic (exact) mass is 293 g/mol. The number of para-hydroxylation sites is 1. The van der Waals surface area contributed by atoms with Crippen LogP contribution >= 0.6 is 11.6 Å². The Hall–Kier alpha value is -2.01. The van der Waals surface area contributed by atoms with E-state index in [0.717, 1.165) is 5.82 Å². The number of amides is 1. The summed E-state index contributed by atoms with van der Waals surface area (Å²) < 4.78 is 5.53. The predicted octanol–water partition coefficient (Wildman–Crippen LogP) is 2.19. The fourth-order valence-electron chi connectivity index (χ4n) is 1.67. The Morgan fingerprint density at radius 1 is 1.50 bits per heavy atom. The van der Waals surface area contributed by atoms with Crippen molar-refractivity contribution in [1.82, 2.24) is 15.3 Å². The normalized spacial score (nSPS) is 11.9. The van der Waals surface area contributed by atoms with E-state index in [-0.39, 0.29) is 5.91 Å². The summed E-state index contributed by atoms with van der Waals surface area (Å²) in [5.41, 5.74) is 0. The first-order valence-corrected chi connectivity index (χ1v) is 6.72. The van der Waals surface area contributed by atoms with Crippen LogP contribution in [0.1, 0.15) is 12.7 Å². The number of hydrogen-bond donors (Lipinski definition) is 2. The van der Waals surface area contributed by atoms with Crippen molar-refractivity contribution in [2.24, 2.45) is 0 Å². The van der Waals surface area contributed by atoms with Gasteiger partial charge in [-0.05, 0) is 19.1 Å². The topological polar surface area (TPSA) is 67.0 Å². The highest BCUT2D eigenvalue weighted by Gasteiger charge is 2.15. The largest absolute Gasteiger partial charge is 0.479 e. The lowest BCUT2D eigenvalue weighted by atomic mass is 10.3. The van der Waals surface area contributed by atoms with E-state index in [9.17, 15) is 4.79 Å². The lowest BCUT2D eigenvalue weighted by Crippen LogP contribution is -2.37. The van der Waals surface area contributed by atoms with Gasteiger partial charge in [-0.15, -0.1) is 0 Å². The summed E-state index contributed by atoms with van der Waals surface area (Å²) in [5.74, 6) is 1.16. The number of benzene rings is 1. The third kappa shape index (κ3) is 3.99. The zero-order valence-corrected chi connectivity index (χ0v) is 11.9. The average Bonchev–Trinajstić information content (AvgIpc) is 2.94. The second-order valence-corrected chi connectivity index (χ2v) is 4.67. The van der Waals surface area contributed by atoms with Gasteiger partial charge in [-0.2, -0.15) is 0 Å². The minimum absolute atomic E-state index is 0.184. The lowest BCUT2D eigenvalue weighted by Gasteiger charge is -2.15. The molecule has 1 aromatic carbocycles. The maximum atomic E-state index is 11.9. The van der Waals surface area contributed by atoms with Crippen LogP contribution in [0.4, 0.5) is 0 Å². The molecule has 6 heteroatoms. The number of aromatic amines is 1. The second kappa shape index (κ2) is 6.96. The van der Waals surface area contributed by atoms with Gasteiger partial charge in [-0.3, -0.25) is 4.79 Å². The summed E-state index contributed by atoms with van der Waals surface area (Å²) in [4.78, 5) is 18.9. The third-order valence-corrected chi connectivity index (χ3v) is 3.04. The SMILES string of the molecule is CC(Oc1ccccc1Cl)C(=O)NCCc1ncc[nH]1. The first-order chi connectivity index (χ1) is 9.66. The van der Waals surface area contributed by atoms with Crippen LogP contribution in [-0.4, -0.2) is 28.5 Å². The highest BCUT2D eigenvalue weighted by atomic mass is 35.5. The summed E-state index contributed by atoms with van der Waals surface area (Å²) >= 11 is 5.98. The first-order valence-electron chi connectivity index (χ1n) is 6.34. The molecule has 2 rings (SSSR count). The number of rotatable bonds is 6. The summed E-state index contributed by atoms with van der Waals surface area (Å²) in [7, 11) is 0. The molecule has 0 spiro atoms. The van der Waals surface area contributed by atoms with Crippen molar-refractivity contribution in [3.63, 3.8) is 0 Å². The summed E-state index contributed by atoms with van der Waals surface area (Å²) in [6.45, 7) is 2.19. The van der Waals surface area contributed by atoms with Crippen molar-refractivity contribution in [3.05, 3.63) is 47.5 Å². The molecule has 0 saturated carbocycles. The van der Waals surface area contributed by atoms with E-state index < -0.39 is 6.10 Å². The van der Waals surface area contributed by atoms with Crippen molar-refractivity contribution < 1.29 is 9.53 Å². The molecule has 2 aromatic rings. The summed E-state index contributed by atoms with van der Waals surface area (Å²) in [5, 5.41) is 3.28. The zero-order chi connectivity index (χ0) is 14.4. The third-order valence-electron chi connectivity index (χ3n) is 2.73. The smallest absolute Gasteiger partial charge is 0.260 e. The van der Waals surface area contributed by atoms with E-state index in [1.165, 1.54) is 0 Å². The molecule has 0 radical (unpaired) electrons. The number of hydrogen-bond acceptors (Lipinski definition) is 3. The lowest BCUT2D eigenvalue weighted by molar-refractivity contribution is -0.127. The van der Waals surface area contributed by atoms with Gasteiger partial charge in [0, 0.05) is 25.4 Å². The van der Waals surface area contributed by atoms with Gasteiger partial charge in [0.25, 0.3) is 5.91 Å². The Balaban J connectivity index is 1.79. The fourth-order valence-corrected chi connectivity index (χ4v) is 1.85. The average molecular weight is 294 g/mol. The second-order valence-electron chi connectivity index (χ2n) is 4.27. The number of imidazole rings is 1. The van der Waals surface area contributed by atoms with Crippen LogP contribution in [0.2, 0.25) is 5.02 Å². The van der Waals surface area contributed by atoms with E-state index >= 15 is 0 Å². The molecular weight excluding hydrogens is 278 g/mol. The van der Waals surface area contributed by atoms with Gasteiger partial charge in [0.1, 0.15) is 11.6 Å². The Labute approximate surface area is 122 Å². The standard InChI is InChI=1S/C14H16ClN3O2/c1-10(20-12-5-3-2-4-11(12)15)14(19)18-7-6-13-16-8-9-17-13/h2-5,8-10H,6-7H2,1H3,(H,16,17)(H,18,19). The van der Waals surface area contributed by atoms with Crippen LogP contribution in [0.25, 0.3) is 0 Å². The molecular formula is C14H16ClN3O2. The molecule has 0 aliphatic rings. The number of carbonyl (C=O) groups excluding carboxylic acids is 1.